The Bertz CT molecular complexity index is 669. The molecule has 4 heteroatoms. The first kappa shape index (κ1) is 13.6. The predicted octanol–water partition coefficient (Wildman–Crippen LogP) is 2.77. The highest BCUT2D eigenvalue weighted by molar-refractivity contribution is 5.89. The Labute approximate surface area is 123 Å². The molecule has 21 heavy (non-hydrogen) atoms. The lowest BCUT2D eigenvalue weighted by atomic mass is 10.1. The minimum Gasteiger partial charge on any atom is -0.390 e. The molecule has 2 atom stereocenters. The molecule has 0 heterocycles. The highest BCUT2D eigenvalue weighted by atomic mass is 16.3. The van der Waals surface area contributed by atoms with Crippen molar-refractivity contribution in [2.75, 3.05) is 5.32 Å². The van der Waals surface area contributed by atoms with Crippen LogP contribution in [0, 0.1) is 6.92 Å². The maximum atomic E-state index is 12.1. The number of anilines is 1. The molecule has 0 saturated heterocycles. The Morgan fingerprint density at radius 1 is 1.19 bits per heavy atom. The first-order valence-corrected chi connectivity index (χ1v) is 7.03. The Kier molecular flexibility index (Phi) is 3.62. The van der Waals surface area contributed by atoms with Crippen LogP contribution in [0.2, 0.25) is 0 Å². The van der Waals surface area contributed by atoms with E-state index in [9.17, 15) is 9.90 Å². The number of rotatable bonds is 2. The van der Waals surface area contributed by atoms with E-state index in [2.05, 4.69) is 10.6 Å². The summed E-state index contributed by atoms with van der Waals surface area (Å²) in [7, 11) is 0. The van der Waals surface area contributed by atoms with Crippen LogP contribution >= 0.6 is 0 Å². The van der Waals surface area contributed by atoms with Crippen LogP contribution in [0.1, 0.15) is 22.7 Å². The molecule has 0 spiro atoms. The summed E-state index contributed by atoms with van der Waals surface area (Å²) in [5, 5.41) is 15.8. The van der Waals surface area contributed by atoms with Gasteiger partial charge in [0.05, 0.1) is 12.1 Å². The molecule has 0 unspecified atom stereocenters. The van der Waals surface area contributed by atoms with Crippen LogP contribution in [0.3, 0.4) is 0 Å². The van der Waals surface area contributed by atoms with E-state index in [4.69, 9.17) is 0 Å². The van der Waals surface area contributed by atoms with E-state index in [0.717, 1.165) is 22.4 Å². The monoisotopic (exact) mass is 282 g/mol. The number of nitrogens with one attached hydrogen (secondary N) is 2. The van der Waals surface area contributed by atoms with Crippen LogP contribution in [0.4, 0.5) is 10.5 Å². The minimum absolute atomic E-state index is 0.304. The number of carbonyl (C=O) groups is 1. The second-order valence-electron chi connectivity index (χ2n) is 5.42. The zero-order valence-electron chi connectivity index (χ0n) is 11.8. The van der Waals surface area contributed by atoms with E-state index in [-0.39, 0.29) is 12.1 Å². The largest absolute Gasteiger partial charge is 0.390 e. The molecule has 0 radical (unpaired) electrons. The van der Waals surface area contributed by atoms with Gasteiger partial charge < -0.3 is 15.7 Å². The van der Waals surface area contributed by atoms with Gasteiger partial charge in [-0.15, -0.1) is 0 Å². The van der Waals surface area contributed by atoms with E-state index in [0.29, 0.717) is 6.42 Å². The summed E-state index contributed by atoms with van der Waals surface area (Å²) in [6.45, 7) is 1.97. The summed E-state index contributed by atoms with van der Waals surface area (Å²) in [4.78, 5) is 12.1. The Morgan fingerprint density at radius 3 is 2.81 bits per heavy atom. The van der Waals surface area contributed by atoms with Crippen LogP contribution in [0.25, 0.3) is 0 Å². The van der Waals surface area contributed by atoms with E-state index in [1.807, 2.05) is 55.5 Å². The Hall–Kier alpha value is -2.33. The average molecular weight is 282 g/mol. The quantitative estimate of drug-likeness (QED) is 0.793. The molecule has 2 aromatic carbocycles. The third-order valence-electron chi connectivity index (χ3n) is 3.77. The highest BCUT2D eigenvalue weighted by Gasteiger charge is 2.31. The summed E-state index contributed by atoms with van der Waals surface area (Å²) in [6, 6.07) is 14.7. The van der Waals surface area contributed by atoms with Gasteiger partial charge in [0, 0.05) is 12.1 Å². The second kappa shape index (κ2) is 5.58. The molecule has 2 aromatic rings. The number of aryl methyl sites for hydroxylation is 1. The number of aliphatic hydroxyl groups excluding tert-OH is 1. The van der Waals surface area contributed by atoms with Gasteiger partial charge in [-0.1, -0.05) is 36.4 Å². The number of hydrogen-bond acceptors (Lipinski definition) is 2. The lowest BCUT2D eigenvalue weighted by Gasteiger charge is -2.18. The number of amides is 2. The molecule has 0 aromatic heterocycles. The number of carbonyl (C=O) groups excluding carboxylic acids is 1. The fraction of sp³-hybridized carbons (Fsp3) is 0.235. The summed E-state index contributed by atoms with van der Waals surface area (Å²) < 4.78 is 0. The van der Waals surface area contributed by atoms with Crippen LogP contribution in [0.15, 0.2) is 48.5 Å². The van der Waals surface area contributed by atoms with E-state index >= 15 is 0 Å². The molecule has 1 aliphatic carbocycles. The van der Waals surface area contributed by atoms with Crippen molar-refractivity contribution in [1.82, 2.24) is 5.32 Å². The maximum absolute atomic E-state index is 12.1. The predicted molar refractivity (Wildman–Crippen MR) is 82.2 cm³/mol. The zero-order chi connectivity index (χ0) is 14.8. The number of hydrogen-bond donors (Lipinski definition) is 3. The van der Waals surface area contributed by atoms with Crippen molar-refractivity contribution in [2.24, 2.45) is 0 Å². The molecule has 0 aliphatic heterocycles. The topological polar surface area (TPSA) is 61.4 Å². The molecular formula is C17H18N2O2. The van der Waals surface area contributed by atoms with Crippen molar-refractivity contribution in [3.63, 3.8) is 0 Å². The average Bonchev–Trinajstić information content (AvgIpc) is 2.75. The maximum Gasteiger partial charge on any atom is 0.319 e. The van der Waals surface area contributed by atoms with E-state index in [1.54, 1.807) is 0 Å². The number of fused-ring (bicyclic) bond motifs is 1. The molecule has 0 bridgehead atoms. The van der Waals surface area contributed by atoms with Crippen molar-refractivity contribution in [3.05, 3.63) is 65.2 Å². The van der Waals surface area contributed by atoms with Gasteiger partial charge in [-0.2, -0.15) is 0 Å². The Morgan fingerprint density at radius 2 is 2.00 bits per heavy atom. The molecule has 4 nitrogen and oxygen atoms in total. The first-order chi connectivity index (χ1) is 10.1. The third-order valence-corrected chi connectivity index (χ3v) is 3.77. The lowest BCUT2D eigenvalue weighted by Crippen LogP contribution is -2.36. The van der Waals surface area contributed by atoms with Gasteiger partial charge in [0.15, 0.2) is 0 Å². The minimum atomic E-state index is -0.578. The smallest absolute Gasteiger partial charge is 0.319 e. The fourth-order valence-corrected chi connectivity index (χ4v) is 2.78. The molecule has 3 rings (SSSR count). The molecule has 1 aliphatic rings. The van der Waals surface area contributed by atoms with Crippen LogP contribution in [0.5, 0.6) is 0 Å². The van der Waals surface area contributed by atoms with Crippen molar-refractivity contribution in [3.8, 4) is 0 Å². The summed E-state index contributed by atoms with van der Waals surface area (Å²) in [6.07, 6.45) is -0.00313. The van der Waals surface area contributed by atoms with Crippen LogP contribution in [-0.2, 0) is 6.42 Å². The third kappa shape index (κ3) is 2.90. The van der Waals surface area contributed by atoms with Crippen molar-refractivity contribution < 1.29 is 9.90 Å². The second-order valence-corrected chi connectivity index (χ2v) is 5.42. The molecule has 0 fully saturated rings. The molecule has 2 amide bonds. The normalized spacial score (nSPS) is 19.9. The van der Waals surface area contributed by atoms with Crippen LogP contribution < -0.4 is 10.6 Å². The summed E-state index contributed by atoms with van der Waals surface area (Å²) in [5.41, 5.74) is 3.91. The number of aliphatic hydroxyl groups is 1. The fourth-order valence-electron chi connectivity index (χ4n) is 2.78. The molecular weight excluding hydrogens is 264 g/mol. The summed E-state index contributed by atoms with van der Waals surface area (Å²) in [5.74, 6) is 0. The summed E-state index contributed by atoms with van der Waals surface area (Å²) >= 11 is 0. The van der Waals surface area contributed by atoms with Crippen molar-refractivity contribution in [1.29, 1.82) is 0 Å². The highest BCUT2D eigenvalue weighted by Crippen LogP contribution is 2.31. The first-order valence-electron chi connectivity index (χ1n) is 7.03. The van der Waals surface area contributed by atoms with Gasteiger partial charge in [-0.05, 0) is 35.7 Å². The molecule has 108 valence electrons. The zero-order valence-corrected chi connectivity index (χ0v) is 11.8. The number of urea groups is 1. The molecule has 0 saturated carbocycles. The molecule has 3 N–H and O–H groups in total. The van der Waals surface area contributed by atoms with Crippen molar-refractivity contribution >= 4 is 11.7 Å². The SMILES string of the molecule is Cc1cccc(NC(=O)N[C@H]2c3ccccc3C[C@H]2O)c1. The van der Waals surface area contributed by atoms with Gasteiger partial charge in [-0.25, -0.2) is 4.79 Å². The lowest BCUT2D eigenvalue weighted by molar-refractivity contribution is 0.144. The van der Waals surface area contributed by atoms with Crippen molar-refractivity contribution in [2.45, 2.75) is 25.5 Å². The van der Waals surface area contributed by atoms with Gasteiger partial charge in [0.1, 0.15) is 0 Å². The van der Waals surface area contributed by atoms with Gasteiger partial charge in [0.25, 0.3) is 0 Å². The van der Waals surface area contributed by atoms with Gasteiger partial charge in [0.2, 0.25) is 0 Å². The van der Waals surface area contributed by atoms with E-state index in [1.165, 1.54) is 0 Å². The van der Waals surface area contributed by atoms with Crippen LogP contribution in [-0.4, -0.2) is 17.2 Å². The number of benzene rings is 2. The standard InChI is InChI=1S/C17H18N2O2/c1-11-5-4-7-13(9-11)18-17(21)19-16-14-8-3-2-6-12(14)10-15(16)20/h2-9,15-16,20H,10H2,1H3,(H2,18,19,21)/t15-,16+/m1/s1. The Balaban J connectivity index is 1.70. The van der Waals surface area contributed by atoms with Gasteiger partial charge in [-0.3, -0.25) is 0 Å². The van der Waals surface area contributed by atoms with Gasteiger partial charge >= 0.3 is 6.03 Å². The van der Waals surface area contributed by atoms with E-state index < -0.39 is 6.10 Å².